The van der Waals surface area contributed by atoms with E-state index in [4.69, 9.17) is 57.1 Å². The zero-order valence-electron chi connectivity index (χ0n) is 9.50. The fourth-order valence-corrected chi connectivity index (χ4v) is 3.75. The summed E-state index contributed by atoms with van der Waals surface area (Å²) in [6.07, 6.45) is 0. The Morgan fingerprint density at radius 3 is 1.95 bits per heavy atom. The fourth-order valence-electron chi connectivity index (χ4n) is 1.60. The first kappa shape index (κ1) is 16.2. The van der Waals surface area contributed by atoms with Crippen molar-refractivity contribution in [2.75, 3.05) is 0 Å². The highest BCUT2D eigenvalue weighted by Crippen LogP contribution is 2.37. The molecule has 0 bridgehead atoms. The summed E-state index contributed by atoms with van der Waals surface area (Å²) < 4.78 is 22.9. The van der Waals surface area contributed by atoms with Crippen molar-refractivity contribution in [3.05, 3.63) is 50.4 Å². The standard InChI is InChI=1S/C12H5Cl5O2S/c13-8-2-1-6(3-12(8)20(17,18)19)7-4-10(15)11(16)5-9(7)14/h1-5H. The highest BCUT2D eigenvalue weighted by molar-refractivity contribution is 8.13. The van der Waals surface area contributed by atoms with Gasteiger partial charge >= 0.3 is 0 Å². The minimum Gasteiger partial charge on any atom is -0.207 e. The van der Waals surface area contributed by atoms with Crippen LogP contribution in [0, 0.1) is 0 Å². The van der Waals surface area contributed by atoms with Gasteiger partial charge in [-0.3, -0.25) is 0 Å². The van der Waals surface area contributed by atoms with Gasteiger partial charge in [0, 0.05) is 21.3 Å². The molecule has 0 saturated heterocycles. The SMILES string of the molecule is O=S(=O)(Cl)c1cc(-c2cc(Cl)c(Cl)cc2Cl)ccc1Cl. The maximum absolute atomic E-state index is 11.4. The third kappa shape index (κ3) is 3.35. The van der Waals surface area contributed by atoms with Crippen LogP contribution in [0.25, 0.3) is 11.1 Å². The Balaban J connectivity index is 2.69. The Labute approximate surface area is 140 Å². The third-order valence-electron chi connectivity index (χ3n) is 2.51. The lowest BCUT2D eigenvalue weighted by Gasteiger charge is -2.09. The molecule has 0 fully saturated rings. The highest BCUT2D eigenvalue weighted by atomic mass is 35.7. The zero-order chi connectivity index (χ0) is 15.1. The average Bonchev–Trinajstić information content (AvgIpc) is 2.33. The highest BCUT2D eigenvalue weighted by Gasteiger charge is 2.17. The molecule has 0 amide bonds. The van der Waals surface area contributed by atoms with Crippen LogP contribution in [0.4, 0.5) is 0 Å². The van der Waals surface area contributed by atoms with Crippen LogP contribution in [0.15, 0.2) is 35.2 Å². The molecule has 0 unspecified atom stereocenters. The maximum atomic E-state index is 11.4. The molecule has 0 spiro atoms. The van der Waals surface area contributed by atoms with E-state index in [1.807, 2.05) is 0 Å². The van der Waals surface area contributed by atoms with Crippen molar-refractivity contribution in [1.29, 1.82) is 0 Å². The fraction of sp³-hybridized carbons (Fsp3) is 0. The topological polar surface area (TPSA) is 34.1 Å². The number of halogens is 5. The first-order chi connectivity index (χ1) is 9.20. The van der Waals surface area contributed by atoms with E-state index in [1.165, 1.54) is 18.2 Å². The van der Waals surface area contributed by atoms with Crippen LogP contribution in [-0.4, -0.2) is 8.42 Å². The number of hydrogen-bond donors (Lipinski definition) is 0. The van der Waals surface area contributed by atoms with Crippen LogP contribution in [0.3, 0.4) is 0 Å². The van der Waals surface area contributed by atoms with Crippen LogP contribution < -0.4 is 0 Å². The average molecular weight is 391 g/mol. The van der Waals surface area contributed by atoms with E-state index in [-0.39, 0.29) is 9.92 Å². The molecule has 0 atom stereocenters. The minimum atomic E-state index is -3.96. The zero-order valence-corrected chi connectivity index (χ0v) is 14.1. The molecule has 0 heterocycles. The molecule has 2 aromatic rings. The Hall–Kier alpha value is -0.160. The van der Waals surface area contributed by atoms with Crippen LogP contribution >= 0.6 is 57.1 Å². The molecule has 2 nitrogen and oxygen atoms in total. The van der Waals surface area contributed by atoms with Crippen LogP contribution in [0.5, 0.6) is 0 Å². The van der Waals surface area contributed by atoms with Gasteiger partial charge in [-0.2, -0.15) is 0 Å². The maximum Gasteiger partial charge on any atom is 0.262 e. The largest absolute Gasteiger partial charge is 0.262 e. The molecule has 0 radical (unpaired) electrons. The molecule has 0 aliphatic carbocycles. The Morgan fingerprint density at radius 2 is 1.35 bits per heavy atom. The molecule has 8 heteroatoms. The molecule has 20 heavy (non-hydrogen) atoms. The minimum absolute atomic E-state index is 0.0277. The molecule has 0 N–H and O–H groups in total. The van der Waals surface area contributed by atoms with Gasteiger partial charge in [0.15, 0.2) is 0 Å². The van der Waals surface area contributed by atoms with Crippen LogP contribution in [0.2, 0.25) is 20.1 Å². The summed E-state index contributed by atoms with van der Waals surface area (Å²) in [6.45, 7) is 0. The van der Waals surface area contributed by atoms with Gasteiger partial charge in [-0.15, -0.1) is 0 Å². The summed E-state index contributed by atoms with van der Waals surface area (Å²) in [7, 11) is 1.37. The summed E-state index contributed by atoms with van der Waals surface area (Å²) in [4.78, 5) is -0.194. The van der Waals surface area contributed by atoms with Crippen molar-refractivity contribution in [3.63, 3.8) is 0 Å². The van der Waals surface area contributed by atoms with Crippen molar-refractivity contribution in [2.45, 2.75) is 4.90 Å². The Morgan fingerprint density at radius 1 is 0.750 bits per heavy atom. The molecule has 0 saturated carbocycles. The van der Waals surface area contributed by atoms with Gasteiger partial charge in [0.1, 0.15) is 4.90 Å². The van der Waals surface area contributed by atoms with E-state index in [0.29, 0.717) is 26.2 Å². The van der Waals surface area contributed by atoms with Crippen molar-refractivity contribution in [3.8, 4) is 11.1 Å². The summed E-state index contributed by atoms with van der Waals surface area (Å²) in [5, 5.41) is 0.968. The van der Waals surface area contributed by atoms with Crippen molar-refractivity contribution >= 4 is 66.1 Å². The molecule has 0 aliphatic heterocycles. The first-order valence-corrected chi connectivity index (χ1v) is 8.91. The molecule has 2 aromatic carbocycles. The molecule has 106 valence electrons. The second-order valence-corrected chi connectivity index (χ2v) is 7.99. The Kier molecular flexibility index (Phi) is 4.80. The van der Waals surface area contributed by atoms with E-state index in [2.05, 4.69) is 0 Å². The molecular weight excluding hydrogens is 385 g/mol. The number of benzene rings is 2. The van der Waals surface area contributed by atoms with Gasteiger partial charge in [0.2, 0.25) is 0 Å². The van der Waals surface area contributed by atoms with E-state index in [0.717, 1.165) is 0 Å². The summed E-state index contributed by atoms with van der Waals surface area (Å²) in [5.74, 6) is 0. The summed E-state index contributed by atoms with van der Waals surface area (Å²) in [6, 6.07) is 7.38. The smallest absolute Gasteiger partial charge is 0.207 e. The summed E-state index contributed by atoms with van der Waals surface area (Å²) >= 11 is 23.7. The summed E-state index contributed by atoms with van der Waals surface area (Å²) in [5.41, 5.74) is 1.04. The lowest BCUT2D eigenvalue weighted by atomic mass is 10.1. The van der Waals surface area contributed by atoms with Gasteiger partial charge in [0.25, 0.3) is 9.05 Å². The van der Waals surface area contributed by atoms with Crippen molar-refractivity contribution in [2.24, 2.45) is 0 Å². The Bertz CT molecular complexity index is 787. The van der Waals surface area contributed by atoms with Gasteiger partial charge in [-0.1, -0.05) is 52.5 Å². The predicted octanol–water partition coefficient (Wildman–Crippen LogP) is 5.89. The van der Waals surface area contributed by atoms with E-state index in [9.17, 15) is 8.42 Å². The third-order valence-corrected chi connectivity index (χ3v) is 5.35. The molecular formula is C12H5Cl5O2S. The van der Waals surface area contributed by atoms with Gasteiger partial charge in [-0.05, 0) is 29.8 Å². The lowest BCUT2D eigenvalue weighted by molar-refractivity contribution is 0.609. The monoisotopic (exact) mass is 388 g/mol. The second-order valence-electron chi connectivity index (χ2n) is 3.83. The second kappa shape index (κ2) is 5.91. The number of rotatable bonds is 2. The molecule has 0 aliphatic rings. The van der Waals surface area contributed by atoms with Crippen LogP contribution in [0.1, 0.15) is 0 Å². The van der Waals surface area contributed by atoms with Gasteiger partial charge in [0.05, 0.1) is 15.1 Å². The van der Waals surface area contributed by atoms with Crippen LogP contribution in [-0.2, 0) is 9.05 Å². The first-order valence-electron chi connectivity index (χ1n) is 5.09. The molecule has 0 aromatic heterocycles. The van der Waals surface area contributed by atoms with Crippen molar-refractivity contribution in [1.82, 2.24) is 0 Å². The van der Waals surface area contributed by atoms with E-state index < -0.39 is 9.05 Å². The van der Waals surface area contributed by atoms with Crippen molar-refractivity contribution < 1.29 is 8.42 Å². The normalized spacial score (nSPS) is 11.7. The van der Waals surface area contributed by atoms with E-state index in [1.54, 1.807) is 12.1 Å². The van der Waals surface area contributed by atoms with Gasteiger partial charge in [-0.25, -0.2) is 8.42 Å². The lowest BCUT2D eigenvalue weighted by Crippen LogP contribution is -1.93. The van der Waals surface area contributed by atoms with Gasteiger partial charge < -0.3 is 0 Å². The molecule has 2 rings (SSSR count). The van der Waals surface area contributed by atoms with E-state index >= 15 is 0 Å². The number of hydrogen-bond acceptors (Lipinski definition) is 2. The quantitative estimate of drug-likeness (QED) is 0.473. The predicted molar refractivity (Wildman–Crippen MR) is 85.0 cm³/mol.